The summed E-state index contributed by atoms with van der Waals surface area (Å²) in [4.78, 5) is 4.37. The van der Waals surface area contributed by atoms with Crippen molar-refractivity contribution in [2.75, 3.05) is 26.6 Å². The van der Waals surface area contributed by atoms with E-state index in [0.717, 1.165) is 23.2 Å². The highest BCUT2D eigenvalue weighted by Crippen LogP contribution is 2.27. The number of imidazole rings is 1. The average Bonchev–Trinajstić information content (AvgIpc) is 2.70. The fraction of sp³-hybridized carbons (Fsp3) is 0.462. The Balaban J connectivity index is 2.40. The van der Waals surface area contributed by atoms with Crippen molar-refractivity contribution in [3.63, 3.8) is 0 Å². The Morgan fingerprint density at radius 2 is 2.17 bits per heavy atom. The molecule has 98 valence electrons. The van der Waals surface area contributed by atoms with Gasteiger partial charge in [0.2, 0.25) is 5.95 Å². The summed E-state index contributed by atoms with van der Waals surface area (Å²) in [7, 11) is 3.34. The smallest absolute Gasteiger partial charge is 0.201 e. The zero-order valence-corrected chi connectivity index (χ0v) is 11.0. The topological polar surface area (TPSA) is 62.3 Å². The Morgan fingerprint density at radius 3 is 2.83 bits per heavy atom. The number of rotatable bonds is 5. The Hall–Kier alpha value is -1.75. The molecule has 0 radical (unpaired) electrons. The van der Waals surface area contributed by atoms with E-state index in [4.69, 9.17) is 15.2 Å². The monoisotopic (exact) mass is 249 g/mol. The van der Waals surface area contributed by atoms with Gasteiger partial charge >= 0.3 is 0 Å². The molecule has 1 atom stereocenters. The van der Waals surface area contributed by atoms with Gasteiger partial charge in [-0.05, 0) is 25.5 Å². The first-order chi connectivity index (χ1) is 8.67. The maximum absolute atomic E-state index is 5.99. The number of aromatic nitrogens is 2. The maximum atomic E-state index is 5.99. The normalized spacial score (nSPS) is 12.8. The molecule has 0 spiro atoms. The van der Waals surface area contributed by atoms with Gasteiger partial charge in [0.1, 0.15) is 5.75 Å². The van der Waals surface area contributed by atoms with E-state index in [1.54, 1.807) is 14.2 Å². The highest BCUT2D eigenvalue weighted by molar-refractivity contribution is 5.80. The lowest BCUT2D eigenvalue weighted by atomic mass is 10.2. The fourth-order valence-electron chi connectivity index (χ4n) is 2.10. The van der Waals surface area contributed by atoms with E-state index in [2.05, 4.69) is 11.9 Å². The molecular weight excluding hydrogens is 230 g/mol. The third kappa shape index (κ3) is 2.26. The highest BCUT2D eigenvalue weighted by atomic mass is 16.5. The average molecular weight is 249 g/mol. The van der Waals surface area contributed by atoms with Gasteiger partial charge in [-0.15, -0.1) is 0 Å². The molecule has 0 amide bonds. The summed E-state index contributed by atoms with van der Waals surface area (Å²) in [6.45, 7) is 2.82. The van der Waals surface area contributed by atoms with Crippen LogP contribution in [0.1, 0.15) is 19.4 Å². The molecule has 5 heteroatoms. The van der Waals surface area contributed by atoms with E-state index in [1.807, 2.05) is 22.8 Å². The zero-order chi connectivity index (χ0) is 13.1. The van der Waals surface area contributed by atoms with Crippen molar-refractivity contribution in [1.82, 2.24) is 9.55 Å². The summed E-state index contributed by atoms with van der Waals surface area (Å²) in [6, 6.07) is 6.05. The minimum atomic E-state index is 0.253. The molecule has 0 aliphatic rings. The van der Waals surface area contributed by atoms with Gasteiger partial charge in [0.15, 0.2) is 0 Å². The Bertz CT molecular complexity index is 536. The van der Waals surface area contributed by atoms with Gasteiger partial charge < -0.3 is 19.8 Å². The third-order valence-corrected chi connectivity index (χ3v) is 3.10. The number of nitrogens with zero attached hydrogens (tertiary/aromatic N) is 2. The van der Waals surface area contributed by atoms with Crippen LogP contribution in [0.15, 0.2) is 18.2 Å². The number of ether oxygens (including phenoxy) is 2. The Labute approximate surface area is 107 Å². The number of benzene rings is 1. The molecule has 1 aromatic heterocycles. The van der Waals surface area contributed by atoms with Crippen molar-refractivity contribution in [3.05, 3.63) is 18.2 Å². The second kappa shape index (κ2) is 5.27. The number of fused-ring (bicyclic) bond motifs is 1. The number of nitrogens with two attached hydrogens (primary N) is 1. The maximum Gasteiger partial charge on any atom is 0.201 e. The standard InChI is InChI=1S/C13H19N3O2/c1-9(6-7-17-2)16-12-5-4-10(18-3)8-11(12)15-13(16)14/h4-5,8-9H,6-7H2,1-3H3,(H2,14,15). The van der Waals surface area contributed by atoms with Crippen LogP contribution in [0, 0.1) is 0 Å². The summed E-state index contributed by atoms with van der Waals surface area (Å²) in [6.07, 6.45) is 0.901. The quantitative estimate of drug-likeness (QED) is 0.882. The molecule has 0 aliphatic carbocycles. The van der Waals surface area contributed by atoms with Crippen molar-refractivity contribution in [2.24, 2.45) is 0 Å². The summed E-state index contributed by atoms with van der Waals surface area (Å²) in [5, 5.41) is 0. The molecule has 5 nitrogen and oxygen atoms in total. The molecule has 2 aromatic rings. The van der Waals surface area contributed by atoms with Crippen molar-refractivity contribution >= 4 is 17.0 Å². The molecule has 1 unspecified atom stereocenters. The molecule has 0 saturated heterocycles. The van der Waals surface area contributed by atoms with E-state index < -0.39 is 0 Å². The van der Waals surface area contributed by atoms with Gasteiger partial charge in [-0.3, -0.25) is 0 Å². The first kappa shape index (κ1) is 12.7. The van der Waals surface area contributed by atoms with Crippen LogP contribution in [0.3, 0.4) is 0 Å². The molecule has 0 fully saturated rings. The van der Waals surface area contributed by atoms with Crippen molar-refractivity contribution < 1.29 is 9.47 Å². The lowest BCUT2D eigenvalue weighted by molar-refractivity contribution is 0.182. The molecule has 2 N–H and O–H groups in total. The van der Waals surface area contributed by atoms with Crippen molar-refractivity contribution in [1.29, 1.82) is 0 Å². The van der Waals surface area contributed by atoms with Crippen LogP contribution in [0.25, 0.3) is 11.0 Å². The number of hydrogen-bond acceptors (Lipinski definition) is 4. The van der Waals surface area contributed by atoms with Gasteiger partial charge in [0.25, 0.3) is 0 Å². The molecule has 1 heterocycles. The van der Waals surface area contributed by atoms with Gasteiger partial charge in [0, 0.05) is 25.8 Å². The fourth-order valence-corrected chi connectivity index (χ4v) is 2.10. The first-order valence-corrected chi connectivity index (χ1v) is 5.97. The van der Waals surface area contributed by atoms with E-state index in [-0.39, 0.29) is 6.04 Å². The molecule has 2 rings (SSSR count). The predicted molar refractivity (Wildman–Crippen MR) is 71.9 cm³/mol. The molecule has 0 bridgehead atoms. The Kier molecular flexibility index (Phi) is 3.72. The van der Waals surface area contributed by atoms with E-state index in [1.165, 1.54) is 0 Å². The van der Waals surface area contributed by atoms with Crippen LogP contribution in [0.4, 0.5) is 5.95 Å². The van der Waals surface area contributed by atoms with Crippen LogP contribution >= 0.6 is 0 Å². The van der Waals surface area contributed by atoms with Gasteiger partial charge in [-0.2, -0.15) is 0 Å². The zero-order valence-electron chi connectivity index (χ0n) is 11.0. The summed E-state index contributed by atoms with van der Waals surface area (Å²) >= 11 is 0. The lowest BCUT2D eigenvalue weighted by Crippen LogP contribution is -2.10. The van der Waals surface area contributed by atoms with Crippen LogP contribution in [0.5, 0.6) is 5.75 Å². The predicted octanol–water partition coefficient (Wildman–Crippen LogP) is 2.22. The molecular formula is C13H19N3O2. The van der Waals surface area contributed by atoms with Crippen LogP contribution in [0.2, 0.25) is 0 Å². The molecule has 0 aliphatic heterocycles. The number of methoxy groups -OCH3 is 2. The summed E-state index contributed by atoms with van der Waals surface area (Å²) in [5.74, 6) is 1.32. The second-order valence-corrected chi connectivity index (χ2v) is 4.33. The van der Waals surface area contributed by atoms with Gasteiger partial charge in [-0.1, -0.05) is 0 Å². The summed E-state index contributed by atoms with van der Waals surface area (Å²) < 4.78 is 12.3. The molecule has 18 heavy (non-hydrogen) atoms. The van der Waals surface area contributed by atoms with Crippen LogP contribution < -0.4 is 10.5 Å². The summed E-state index contributed by atoms with van der Waals surface area (Å²) in [5.41, 5.74) is 7.87. The van der Waals surface area contributed by atoms with E-state index in [0.29, 0.717) is 12.6 Å². The van der Waals surface area contributed by atoms with Crippen LogP contribution in [-0.4, -0.2) is 30.4 Å². The molecule has 0 saturated carbocycles. The highest BCUT2D eigenvalue weighted by Gasteiger charge is 2.14. The van der Waals surface area contributed by atoms with Gasteiger partial charge in [0.05, 0.1) is 18.1 Å². The minimum absolute atomic E-state index is 0.253. The first-order valence-electron chi connectivity index (χ1n) is 5.97. The Morgan fingerprint density at radius 1 is 1.39 bits per heavy atom. The van der Waals surface area contributed by atoms with Crippen LogP contribution in [-0.2, 0) is 4.74 Å². The third-order valence-electron chi connectivity index (χ3n) is 3.10. The minimum Gasteiger partial charge on any atom is -0.497 e. The number of hydrogen-bond donors (Lipinski definition) is 1. The SMILES string of the molecule is COCCC(C)n1c(N)nc2cc(OC)ccc21. The number of nitrogen functional groups attached to an aromatic ring is 1. The van der Waals surface area contributed by atoms with Crippen molar-refractivity contribution in [3.8, 4) is 5.75 Å². The van der Waals surface area contributed by atoms with E-state index in [9.17, 15) is 0 Å². The largest absolute Gasteiger partial charge is 0.497 e. The number of anilines is 1. The van der Waals surface area contributed by atoms with Crippen molar-refractivity contribution in [2.45, 2.75) is 19.4 Å². The van der Waals surface area contributed by atoms with Gasteiger partial charge in [-0.25, -0.2) is 4.98 Å². The van der Waals surface area contributed by atoms with E-state index >= 15 is 0 Å². The molecule has 1 aromatic carbocycles. The lowest BCUT2D eigenvalue weighted by Gasteiger charge is -2.15. The second-order valence-electron chi connectivity index (χ2n) is 4.33.